The summed E-state index contributed by atoms with van der Waals surface area (Å²) >= 11 is 0. The third-order valence-electron chi connectivity index (χ3n) is 3.24. The average Bonchev–Trinajstić information content (AvgIpc) is 2.42. The van der Waals surface area contributed by atoms with Crippen LogP contribution < -0.4 is 22.9 Å². The molecule has 19 heavy (non-hydrogen) atoms. The summed E-state index contributed by atoms with van der Waals surface area (Å²) in [4.78, 5) is 4.35. The van der Waals surface area contributed by atoms with Gasteiger partial charge in [-0.3, -0.25) is 0 Å². The van der Waals surface area contributed by atoms with Gasteiger partial charge in [0.1, 0.15) is 11.3 Å². The minimum absolute atomic E-state index is 0.0766. The second-order valence-electron chi connectivity index (χ2n) is 4.39. The number of fused-ring (bicyclic) bond motifs is 2. The molecule has 96 valence electrons. The van der Waals surface area contributed by atoms with Crippen LogP contribution in [-0.4, -0.2) is 10.1 Å². The number of aromatic hydroxyl groups is 1. The van der Waals surface area contributed by atoms with Gasteiger partial charge < -0.3 is 28.0 Å². The molecule has 2 aromatic carbocycles. The zero-order valence-electron chi connectivity index (χ0n) is 10.0. The van der Waals surface area contributed by atoms with Crippen LogP contribution in [0.2, 0.25) is 0 Å². The third kappa shape index (κ3) is 1.40. The first-order valence-corrected chi connectivity index (χ1v) is 5.65. The fourth-order valence-electron chi connectivity index (χ4n) is 2.16. The highest BCUT2D eigenvalue weighted by Gasteiger charge is 2.14. The molecule has 0 radical (unpaired) electrons. The van der Waals surface area contributed by atoms with E-state index in [1.807, 2.05) is 6.07 Å². The fourth-order valence-corrected chi connectivity index (χ4v) is 2.16. The lowest BCUT2D eigenvalue weighted by molar-refractivity contribution is 0.480. The van der Waals surface area contributed by atoms with Crippen LogP contribution >= 0.6 is 0 Å². The van der Waals surface area contributed by atoms with E-state index in [1.165, 1.54) is 0 Å². The number of rotatable bonds is 0. The molecule has 3 aromatic rings. The summed E-state index contributed by atoms with van der Waals surface area (Å²) in [6, 6.07) is 6.90. The van der Waals surface area contributed by atoms with Crippen molar-refractivity contribution >= 4 is 44.6 Å². The van der Waals surface area contributed by atoms with Crippen molar-refractivity contribution < 1.29 is 5.11 Å². The van der Waals surface area contributed by atoms with E-state index in [4.69, 9.17) is 22.9 Å². The molecule has 0 fully saturated rings. The molecule has 0 aliphatic carbocycles. The maximum atomic E-state index is 9.82. The summed E-state index contributed by atoms with van der Waals surface area (Å²) < 4.78 is 0. The average molecular weight is 255 g/mol. The lowest BCUT2D eigenvalue weighted by Crippen LogP contribution is -2.06. The zero-order chi connectivity index (χ0) is 13.7. The first kappa shape index (κ1) is 11.2. The van der Waals surface area contributed by atoms with Crippen LogP contribution in [0.25, 0.3) is 21.8 Å². The van der Waals surface area contributed by atoms with E-state index in [9.17, 15) is 5.11 Å². The monoisotopic (exact) mass is 255 g/mol. The number of hydrogen-bond donors (Lipinski definition) is 5. The fraction of sp³-hybridized carbons (Fsp3) is 0. The summed E-state index contributed by atoms with van der Waals surface area (Å²) in [5, 5.41) is 11.2. The molecule has 0 aliphatic heterocycles. The summed E-state index contributed by atoms with van der Waals surface area (Å²) in [7, 11) is 0. The number of nitrogens with zero attached hydrogens (tertiary/aromatic N) is 1. The number of pyridine rings is 1. The normalized spacial score (nSPS) is 11.2. The minimum Gasteiger partial charge on any atom is -0.506 e. The molecule has 6 heteroatoms. The molecule has 9 N–H and O–H groups in total. The predicted octanol–water partition coefficient (Wildman–Crippen LogP) is 1.42. The van der Waals surface area contributed by atoms with Gasteiger partial charge in [0.05, 0.1) is 28.3 Å². The maximum absolute atomic E-state index is 9.82. The highest BCUT2D eigenvalue weighted by molar-refractivity contribution is 6.13. The number of nitrogens with two attached hydrogens (primary N) is 4. The number of nitrogen functional groups attached to an aromatic ring is 4. The van der Waals surface area contributed by atoms with Crippen LogP contribution in [0.3, 0.4) is 0 Å². The molecule has 0 spiro atoms. The Bertz CT molecular complexity index is 828. The Morgan fingerprint density at radius 2 is 1.53 bits per heavy atom. The summed E-state index contributed by atoms with van der Waals surface area (Å²) in [6.07, 6.45) is 0. The number of anilines is 4. The molecule has 0 atom stereocenters. The molecule has 3 rings (SSSR count). The van der Waals surface area contributed by atoms with Crippen molar-refractivity contribution in [3.05, 3.63) is 24.3 Å². The molecule has 6 nitrogen and oxygen atoms in total. The van der Waals surface area contributed by atoms with Gasteiger partial charge in [-0.05, 0) is 12.1 Å². The van der Waals surface area contributed by atoms with Gasteiger partial charge >= 0.3 is 0 Å². The minimum atomic E-state index is 0.0766. The van der Waals surface area contributed by atoms with E-state index in [0.29, 0.717) is 22.1 Å². The van der Waals surface area contributed by atoms with Gasteiger partial charge in [-0.2, -0.15) is 0 Å². The maximum Gasteiger partial charge on any atom is 0.141 e. The molecule has 0 saturated carbocycles. The second kappa shape index (κ2) is 3.55. The van der Waals surface area contributed by atoms with E-state index < -0.39 is 0 Å². The van der Waals surface area contributed by atoms with Crippen LogP contribution in [-0.2, 0) is 0 Å². The molecular weight excluding hydrogens is 242 g/mol. The number of phenols is 1. The Morgan fingerprint density at radius 3 is 2.26 bits per heavy atom. The number of para-hydroxylation sites is 1. The molecule has 0 saturated heterocycles. The van der Waals surface area contributed by atoms with Gasteiger partial charge in [0, 0.05) is 10.8 Å². The van der Waals surface area contributed by atoms with Crippen molar-refractivity contribution in [1.82, 2.24) is 4.98 Å². The van der Waals surface area contributed by atoms with Gasteiger partial charge in [0.2, 0.25) is 0 Å². The van der Waals surface area contributed by atoms with Crippen molar-refractivity contribution in [2.24, 2.45) is 0 Å². The summed E-state index contributed by atoms with van der Waals surface area (Å²) in [5.41, 5.74) is 25.5. The van der Waals surface area contributed by atoms with Crippen LogP contribution in [0.4, 0.5) is 22.7 Å². The second-order valence-corrected chi connectivity index (χ2v) is 4.39. The zero-order valence-corrected chi connectivity index (χ0v) is 10.0. The first-order valence-electron chi connectivity index (χ1n) is 5.65. The molecule has 0 amide bonds. The molecule has 1 aromatic heterocycles. The van der Waals surface area contributed by atoms with Crippen molar-refractivity contribution in [1.29, 1.82) is 0 Å². The standard InChI is InChI=1S/C13H13N5O/c14-8-6-4-5-2-1-3-7(19)12(5)18-13(6)11(17)10(16)9(8)15/h1-4,19H,14-17H2. The number of aromatic nitrogens is 1. The molecule has 1 heterocycles. The van der Waals surface area contributed by atoms with Crippen LogP contribution in [0, 0.1) is 0 Å². The third-order valence-corrected chi connectivity index (χ3v) is 3.24. The predicted molar refractivity (Wildman–Crippen MR) is 78.6 cm³/mol. The van der Waals surface area contributed by atoms with E-state index in [1.54, 1.807) is 18.2 Å². The highest BCUT2D eigenvalue weighted by atomic mass is 16.3. The van der Waals surface area contributed by atoms with E-state index in [2.05, 4.69) is 4.98 Å². The van der Waals surface area contributed by atoms with Gasteiger partial charge in [-0.25, -0.2) is 4.98 Å². The topological polar surface area (TPSA) is 137 Å². The van der Waals surface area contributed by atoms with Crippen LogP contribution in [0.1, 0.15) is 0 Å². The lowest BCUT2D eigenvalue weighted by atomic mass is 10.1. The molecule has 0 unspecified atom stereocenters. The summed E-state index contributed by atoms with van der Waals surface area (Å²) in [6.45, 7) is 0. The Kier molecular flexibility index (Phi) is 2.10. The Morgan fingerprint density at radius 1 is 0.842 bits per heavy atom. The number of hydrogen-bond acceptors (Lipinski definition) is 6. The molecular formula is C13H13N5O. The van der Waals surface area contributed by atoms with E-state index >= 15 is 0 Å². The number of benzene rings is 2. The van der Waals surface area contributed by atoms with E-state index in [-0.39, 0.29) is 22.8 Å². The Hall–Kier alpha value is -2.89. The first-order chi connectivity index (χ1) is 9.00. The molecule has 0 bridgehead atoms. The largest absolute Gasteiger partial charge is 0.506 e. The quantitative estimate of drug-likeness (QED) is 0.304. The smallest absolute Gasteiger partial charge is 0.141 e. The van der Waals surface area contributed by atoms with Gasteiger partial charge in [-0.1, -0.05) is 12.1 Å². The SMILES string of the molecule is Nc1c(N)c(N)c2nc3c(O)cccc3cc2c1N. The van der Waals surface area contributed by atoms with Gasteiger partial charge in [-0.15, -0.1) is 0 Å². The van der Waals surface area contributed by atoms with Gasteiger partial charge in [0.15, 0.2) is 0 Å². The van der Waals surface area contributed by atoms with Crippen molar-refractivity contribution in [2.75, 3.05) is 22.9 Å². The number of phenolic OH excluding ortho intramolecular Hbond substituents is 1. The Balaban J connectivity index is 2.59. The van der Waals surface area contributed by atoms with Crippen LogP contribution in [0.15, 0.2) is 24.3 Å². The summed E-state index contributed by atoms with van der Waals surface area (Å²) in [5.74, 6) is 0.0766. The Labute approximate surface area is 108 Å². The molecule has 0 aliphatic rings. The van der Waals surface area contributed by atoms with Crippen molar-refractivity contribution in [3.63, 3.8) is 0 Å². The van der Waals surface area contributed by atoms with Crippen molar-refractivity contribution in [2.45, 2.75) is 0 Å². The van der Waals surface area contributed by atoms with E-state index in [0.717, 1.165) is 5.39 Å². The highest BCUT2D eigenvalue weighted by Crippen LogP contribution is 2.39. The van der Waals surface area contributed by atoms with Gasteiger partial charge in [0.25, 0.3) is 0 Å². The van der Waals surface area contributed by atoms with Crippen molar-refractivity contribution in [3.8, 4) is 5.75 Å². The van der Waals surface area contributed by atoms with Crippen LogP contribution in [0.5, 0.6) is 5.75 Å². The lowest BCUT2D eigenvalue weighted by Gasteiger charge is -2.13.